The molecule has 35 heavy (non-hydrogen) atoms. The van der Waals surface area contributed by atoms with E-state index in [4.69, 9.17) is 6.57 Å². The summed E-state index contributed by atoms with van der Waals surface area (Å²) < 4.78 is 39.3. The molecular formula is C28H21F3N2OP+. The number of nitrogens with one attached hydrogen (secondary N) is 1. The Kier molecular flexibility index (Phi) is 7.00. The van der Waals surface area contributed by atoms with Crippen molar-refractivity contribution in [2.45, 2.75) is 12.3 Å². The first kappa shape index (κ1) is 24.2. The molecule has 0 saturated carbocycles. The first-order valence-corrected chi connectivity index (χ1v) is 12.8. The topological polar surface area (TPSA) is 33.5 Å². The molecule has 4 rings (SSSR count). The molecule has 3 nitrogen and oxygen atoms in total. The summed E-state index contributed by atoms with van der Waals surface area (Å²) in [6.07, 6.45) is -4.71. The third kappa shape index (κ3) is 5.11. The number of hydrogen-bond donors (Lipinski definition) is 1. The highest BCUT2D eigenvalue weighted by atomic mass is 31.2. The minimum atomic E-state index is -5.03. The third-order valence-electron chi connectivity index (χ3n) is 5.72. The Morgan fingerprint density at radius 3 is 1.63 bits per heavy atom. The maximum absolute atomic E-state index is 13.1. The number of amides is 1. The molecule has 7 heteroatoms. The fourth-order valence-electron chi connectivity index (χ4n) is 4.12. The predicted molar refractivity (Wildman–Crippen MR) is 136 cm³/mol. The van der Waals surface area contributed by atoms with Crippen LogP contribution in [0.4, 0.5) is 24.5 Å². The molecule has 4 aromatic carbocycles. The number of benzene rings is 4. The number of carbonyl (C=O) groups excluding carboxylic acids is 1. The Morgan fingerprint density at radius 1 is 0.771 bits per heavy atom. The molecule has 0 aromatic heterocycles. The molecule has 4 aromatic rings. The molecule has 174 valence electrons. The van der Waals surface area contributed by atoms with E-state index in [2.05, 4.69) is 4.85 Å². The van der Waals surface area contributed by atoms with Gasteiger partial charge >= 0.3 is 12.1 Å². The highest BCUT2D eigenvalue weighted by Gasteiger charge is 2.46. The smallest absolute Gasteiger partial charge is 0.318 e. The minimum absolute atomic E-state index is 0.0480. The van der Waals surface area contributed by atoms with Gasteiger partial charge in [-0.3, -0.25) is 4.79 Å². The van der Waals surface area contributed by atoms with Crippen LogP contribution in [0, 0.1) is 6.57 Å². The lowest BCUT2D eigenvalue weighted by Crippen LogP contribution is -2.33. The first-order valence-electron chi connectivity index (χ1n) is 10.8. The van der Waals surface area contributed by atoms with Crippen LogP contribution in [0.1, 0.15) is 5.56 Å². The molecular weight excluding hydrogens is 468 g/mol. The van der Waals surface area contributed by atoms with Gasteiger partial charge in [0.25, 0.3) is 0 Å². The van der Waals surface area contributed by atoms with Gasteiger partial charge in [-0.05, 0) is 48.5 Å². The normalized spacial score (nSPS) is 11.5. The SMILES string of the molecule is [C-]#[N+]c1ccc(NC(=O)C(F)(F)F)c(C[P+](c2ccccc2)(c2ccccc2)c2ccccc2)c1. The van der Waals surface area contributed by atoms with Gasteiger partial charge in [0.05, 0.1) is 12.7 Å². The number of halogens is 3. The highest BCUT2D eigenvalue weighted by molar-refractivity contribution is 7.95. The van der Waals surface area contributed by atoms with E-state index in [-0.39, 0.29) is 11.4 Å². The molecule has 0 atom stereocenters. The Hall–Kier alpha value is -3.94. The van der Waals surface area contributed by atoms with Gasteiger partial charge in [-0.15, -0.1) is 0 Å². The van der Waals surface area contributed by atoms with E-state index in [0.29, 0.717) is 11.7 Å². The zero-order valence-electron chi connectivity index (χ0n) is 18.5. The van der Waals surface area contributed by atoms with Crippen molar-refractivity contribution in [1.82, 2.24) is 0 Å². The van der Waals surface area contributed by atoms with Crippen molar-refractivity contribution in [2.24, 2.45) is 0 Å². The van der Waals surface area contributed by atoms with Gasteiger partial charge in [-0.1, -0.05) is 60.7 Å². The van der Waals surface area contributed by atoms with E-state index in [0.717, 1.165) is 15.9 Å². The second-order valence-electron chi connectivity index (χ2n) is 7.88. The Labute approximate surface area is 202 Å². The van der Waals surface area contributed by atoms with Gasteiger partial charge in [0.15, 0.2) is 5.69 Å². The molecule has 0 bridgehead atoms. The fraction of sp³-hybridized carbons (Fsp3) is 0.0714. The molecule has 0 saturated heterocycles. The highest BCUT2D eigenvalue weighted by Crippen LogP contribution is 2.59. The maximum Gasteiger partial charge on any atom is 0.471 e. The molecule has 0 aliphatic heterocycles. The van der Waals surface area contributed by atoms with Crippen LogP contribution in [0.3, 0.4) is 0 Å². The summed E-state index contributed by atoms with van der Waals surface area (Å²) in [5, 5.41) is 5.15. The van der Waals surface area contributed by atoms with E-state index in [1.165, 1.54) is 12.1 Å². The number of hydrogen-bond acceptors (Lipinski definition) is 1. The summed E-state index contributed by atoms with van der Waals surface area (Å²) >= 11 is 0. The van der Waals surface area contributed by atoms with Gasteiger partial charge < -0.3 is 5.32 Å². The number of rotatable bonds is 6. The van der Waals surface area contributed by atoms with Gasteiger partial charge in [0, 0.05) is 11.3 Å². The van der Waals surface area contributed by atoms with Crippen molar-refractivity contribution < 1.29 is 18.0 Å². The van der Waals surface area contributed by atoms with Crippen LogP contribution >= 0.6 is 7.26 Å². The van der Waals surface area contributed by atoms with Crippen molar-refractivity contribution in [3.8, 4) is 0 Å². The maximum atomic E-state index is 13.1. The van der Waals surface area contributed by atoms with E-state index in [9.17, 15) is 18.0 Å². The third-order valence-corrected chi connectivity index (χ3v) is 10.1. The van der Waals surface area contributed by atoms with E-state index >= 15 is 0 Å². The Morgan fingerprint density at radius 2 is 1.23 bits per heavy atom. The molecule has 0 fully saturated rings. The fourth-order valence-corrected chi connectivity index (χ4v) is 8.38. The molecule has 0 unspecified atom stereocenters. The van der Waals surface area contributed by atoms with Gasteiger partial charge in [0.1, 0.15) is 23.2 Å². The summed E-state index contributed by atoms with van der Waals surface area (Å²) in [4.78, 5) is 15.3. The van der Waals surface area contributed by atoms with Gasteiger partial charge in [-0.25, -0.2) is 4.85 Å². The van der Waals surface area contributed by atoms with Crippen LogP contribution in [0.15, 0.2) is 109 Å². The number of alkyl halides is 3. The first-order chi connectivity index (χ1) is 16.8. The second-order valence-corrected chi connectivity index (χ2v) is 11.4. The summed E-state index contributed by atoms with van der Waals surface area (Å²) in [7, 11) is -2.45. The van der Waals surface area contributed by atoms with Gasteiger partial charge in [0.2, 0.25) is 0 Å². The minimum Gasteiger partial charge on any atom is -0.318 e. The summed E-state index contributed by atoms with van der Waals surface area (Å²) in [5.74, 6) is -2.04. The van der Waals surface area contributed by atoms with Crippen LogP contribution in [0.2, 0.25) is 0 Å². The van der Waals surface area contributed by atoms with Crippen LogP contribution in [0.25, 0.3) is 4.85 Å². The van der Waals surface area contributed by atoms with Crippen LogP contribution in [-0.2, 0) is 11.0 Å². The van der Waals surface area contributed by atoms with Crippen molar-refractivity contribution in [2.75, 3.05) is 5.32 Å². The molecule has 0 radical (unpaired) electrons. The Bertz CT molecular complexity index is 1260. The molecule has 1 amide bonds. The van der Waals surface area contributed by atoms with Crippen LogP contribution in [0.5, 0.6) is 0 Å². The van der Waals surface area contributed by atoms with Crippen LogP contribution < -0.4 is 21.2 Å². The average Bonchev–Trinajstić information content (AvgIpc) is 2.89. The largest absolute Gasteiger partial charge is 0.471 e. The lowest BCUT2D eigenvalue weighted by Gasteiger charge is -2.28. The zero-order chi connectivity index (χ0) is 24.9. The van der Waals surface area contributed by atoms with Gasteiger partial charge in [-0.2, -0.15) is 13.2 Å². The van der Waals surface area contributed by atoms with Crippen molar-refractivity contribution in [3.05, 3.63) is 126 Å². The molecule has 0 heterocycles. The zero-order valence-corrected chi connectivity index (χ0v) is 19.4. The second kappa shape index (κ2) is 10.1. The lowest BCUT2D eigenvalue weighted by atomic mass is 10.1. The number of carbonyl (C=O) groups is 1. The average molecular weight is 489 g/mol. The number of anilines is 1. The Balaban J connectivity index is 1.98. The lowest BCUT2D eigenvalue weighted by molar-refractivity contribution is -0.167. The van der Waals surface area contributed by atoms with E-state index in [1.54, 1.807) is 6.07 Å². The van der Waals surface area contributed by atoms with E-state index < -0.39 is 19.3 Å². The summed E-state index contributed by atoms with van der Waals surface area (Å²) in [6, 6.07) is 33.9. The monoisotopic (exact) mass is 489 g/mol. The van der Waals surface area contributed by atoms with Crippen molar-refractivity contribution >= 4 is 40.5 Å². The summed E-state index contributed by atoms with van der Waals surface area (Å²) in [6.45, 7) is 7.44. The van der Waals surface area contributed by atoms with Crippen molar-refractivity contribution in [1.29, 1.82) is 0 Å². The van der Waals surface area contributed by atoms with Crippen molar-refractivity contribution in [3.63, 3.8) is 0 Å². The summed E-state index contributed by atoms with van der Waals surface area (Å²) in [5.41, 5.74) is 0.810. The van der Waals surface area contributed by atoms with E-state index in [1.807, 2.05) is 96.3 Å². The molecule has 0 aliphatic carbocycles. The standard InChI is InChI=1S/C28H20F3N2OP/c1-32-22-17-18-26(33-27(34)28(29,30)31)21(19-22)20-35(23-11-5-2-6-12-23,24-13-7-3-8-14-24)25-15-9-4-10-16-25/h2-19H,20H2/p+1. The predicted octanol–water partition coefficient (Wildman–Crippen LogP) is 6.23. The molecule has 0 spiro atoms. The molecule has 0 aliphatic rings. The molecule has 1 N–H and O–H groups in total. The quantitative estimate of drug-likeness (QED) is 0.253. The number of nitrogens with zero attached hydrogens (tertiary/aromatic N) is 1. The van der Waals surface area contributed by atoms with Crippen LogP contribution in [-0.4, -0.2) is 12.1 Å².